The minimum absolute atomic E-state index is 0.191. The predicted molar refractivity (Wildman–Crippen MR) is 84.7 cm³/mol. The summed E-state index contributed by atoms with van der Waals surface area (Å²) in [6, 6.07) is 7.69. The van der Waals surface area contributed by atoms with Gasteiger partial charge in [-0.3, -0.25) is 5.84 Å². The molecule has 0 radical (unpaired) electrons. The molecule has 114 valence electrons. The number of unbranched alkanes of at least 4 members (excludes halogenated alkanes) is 1. The molecule has 3 N–H and O–H groups in total. The first-order valence-electron chi connectivity index (χ1n) is 6.91. The third kappa shape index (κ3) is 3.81. The van der Waals surface area contributed by atoms with Crippen LogP contribution in [0, 0.1) is 0 Å². The topological polar surface area (TPSA) is 78.0 Å². The minimum Gasteiger partial charge on any atom is -0.494 e. The van der Waals surface area contributed by atoms with Crippen LogP contribution in [0.1, 0.15) is 37.1 Å². The Bertz CT molecular complexity index is 550. The van der Waals surface area contributed by atoms with E-state index in [1.54, 1.807) is 4.68 Å². The lowest BCUT2D eigenvalue weighted by Gasteiger charge is -2.17. The first kappa shape index (κ1) is 15.9. The van der Waals surface area contributed by atoms with Crippen molar-refractivity contribution in [2.24, 2.45) is 12.9 Å². The van der Waals surface area contributed by atoms with Crippen LogP contribution in [0.3, 0.4) is 0 Å². The molecular formula is C14H20BrN5O. The normalized spacial score (nSPS) is 12.4. The van der Waals surface area contributed by atoms with E-state index in [1.807, 2.05) is 31.3 Å². The van der Waals surface area contributed by atoms with Crippen LogP contribution in [0.5, 0.6) is 5.75 Å². The van der Waals surface area contributed by atoms with E-state index in [0.29, 0.717) is 4.60 Å². The van der Waals surface area contributed by atoms with Gasteiger partial charge in [-0.15, -0.1) is 5.10 Å². The second-order valence-electron chi connectivity index (χ2n) is 4.76. The highest BCUT2D eigenvalue weighted by molar-refractivity contribution is 9.10. The van der Waals surface area contributed by atoms with Crippen molar-refractivity contribution in [2.45, 2.75) is 25.8 Å². The molecule has 0 saturated heterocycles. The van der Waals surface area contributed by atoms with Crippen LogP contribution in [0.2, 0.25) is 0 Å². The third-order valence-electron chi connectivity index (χ3n) is 3.25. The molecule has 2 rings (SSSR count). The lowest BCUT2D eigenvalue weighted by molar-refractivity contribution is 0.309. The zero-order chi connectivity index (χ0) is 15.2. The van der Waals surface area contributed by atoms with E-state index in [1.165, 1.54) is 0 Å². The lowest BCUT2D eigenvalue weighted by Crippen LogP contribution is -2.30. The van der Waals surface area contributed by atoms with Gasteiger partial charge in [-0.2, -0.15) is 0 Å². The number of nitrogens with zero attached hydrogens (tertiary/aromatic N) is 3. The maximum atomic E-state index is 5.70. The summed E-state index contributed by atoms with van der Waals surface area (Å²) in [5.41, 5.74) is 4.69. The molecule has 2 aromatic rings. The van der Waals surface area contributed by atoms with Gasteiger partial charge in [0.25, 0.3) is 0 Å². The molecule has 0 aliphatic heterocycles. The molecular weight excluding hydrogens is 334 g/mol. The molecule has 0 aliphatic carbocycles. The Morgan fingerprint density at radius 3 is 2.62 bits per heavy atom. The van der Waals surface area contributed by atoms with Crippen molar-refractivity contribution in [3.63, 3.8) is 0 Å². The van der Waals surface area contributed by atoms with E-state index in [2.05, 4.69) is 38.6 Å². The number of nitrogens with one attached hydrogen (secondary N) is 1. The molecule has 6 nitrogen and oxygen atoms in total. The first-order chi connectivity index (χ1) is 10.2. The van der Waals surface area contributed by atoms with Gasteiger partial charge in [-0.25, -0.2) is 10.1 Å². The Morgan fingerprint density at radius 2 is 2.10 bits per heavy atom. The first-order valence-corrected chi connectivity index (χ1v) is 7.70. The molecule has 21 heavy (non-hydrogen) atoms. The van der Waals surface area contributed by atoms with E-state index >= 15 is 0 Å². The highest BCUT2D eigenvalue weighted by atomic mass is 79.9. The Balaban J connectivity index is 2.16. The van der Waals surface area contributed by atoms with Gasteiger partial charge in [0.2, 0.25) is 0 Å². The van der Waals surface area contributed by atoms with E-state index in [9.17, 15) is 0 Å². The van der Waals surface area contributed by atoms with Gasteiger partial charge in [0, 0.05) is 7.05 Å². The number of rotatable bonds is 7. The van der Waals surface area contributed by atoms with Gasteiger partial charge in [-0.1, -0.05) is 30.7 Å². The molecule has 1 aromatic carbocycles. The summed E-state index contributed by atoms with van der Waals surface area (Å²) in [5, 5.41) is 7.96. The fraction of sp³-hybridized carbons (Fsp3) is 0.429. The molecule has 1 unspecified atom stereocenters. The fourth-order valence-electron chi connectivity index (χ4n) is 2.07. The number of hydrazine groups is 1. The molecule has 0 spiro atoms. The summed E-state index contributed by atoms with van der Waals surface area (Å²) >= 11 is 3.40. The molecule has 0 amide bonds. The van der Waals surface area contributed by atoms with E-state index < -0.39 is 0 Å². The van der Waals surface area contributed by atoms with Gasteiger partial charge in [-0.05, 0) is 40.0 Å². The van der Waals surface area contributed by atoms with Gasteiger partial charge in [0.15, 0.2) is 4.60 Å². The second-order valence-corrected chi connectivity index (χ2v) is 5.51. The summed E-state index contributed by atoms with van der Waals surface area (Å²) < 4.78 is 8.03. The molecule has 0 aliphatic rings. The van der Waals surface area contributed by atoms with Gasteiger partial charge >= 0.3 is 0 Å². The average Bonchev–Trinajstić information content (AvgIpc) is 2.82. The molecule has 0 saturated carbocycles. The Kier molecular flexibility index (Phi) is 5.72. The van der Waals surface area contributed by atoms with Crippen LogP contribution >= 0.6 is 15.9 Å². The van der Waals surface area contributed by atoms with Crippen LogP contribution in [0.15, 0.2) is 28.9 Å². The summed E-state index contributed by atoms with van der Waals surface area (Å²) in [4.78, 5) is 0. The Hall–Kier alpha value is -1.44. The highest BCUT2D eigenvalue weighted by Crippen LogP contribution is 2.27. The van der Waals surface area contributed by atoms with Crippen LogP contribution in [0.4, 0.5) is 0 Å². The molecule has 0 fully saturated rings. The summed E-state index contributed by atoms with van der Waals surface area (Å²) in [6.45, 7) is 2.88. The van der Waals surface area contributed by atoms with Crippen molar-refractivity contribution >= 4 is 15.9 Å². The van der Waals surface area contributed by atoms with Gasteiger partial charge in [0.05, 0.1) is 18.3 Å². The number of aryl methyl sites for hydroxylation is 1. The number of ether oxygens (including phenoxy) is 1. The number of benzene rings is 1. The van der Waals surface area contributed by atoms with E-state index in [-0.39, 0.29) is 6.04 Å². The van der Waals surface area contributed by atoms with Crippen molar-refractivity contribution in [3.05, 3.63) is 40.1 Å². The molecule has 7 heteroatoms. The summed E-state index contributed by atoms with van der Waals surface area (Å²) in [6.07, 6.45) is 2.18. The smallest absolute Gasteiger partial charge is 0.153 e. The minimum atomic E-state index is -0.191. The van der Waals surface area contributed by atoms with Crippen molar-refractivity contribution < 1.29 is 4.74 Å². The van der Waals surface area contributed by atoms with Crippen LogP contribution in [-0.2, 0) is 7.05 Å². The van der Waals surface area contributed by atoms with Crippen molar-refractivity contribution in [2.75, 3.05) is 6.61 Å². The standard InChI is InChI=1S/C14H20BrN5O/c1-3-4-9-21-11-7-5-10(6-8-11)12(17-16)13-14(15)18-19-20(13)2/h5-8,12,17H,3-4,9,16H2,1-2H3. The number of hydrogen-bond donors (Lipinski definition) is 2. The van der Waals surface area contributed by atoms with Crippen molar-refractivity contribution in [1.82, 2.24) is 20.4 Å². The lowest BCUT2D eigenvalue weighted by atomic mass is 10.0. The van der Waals surface area contributed by atoms with Crippen LogP contribution in [-0.4, -0.2) is 21.6 Å². The number of hydrogen-bond acceptors (Lipinski definition) is 5. The molecule has 0 bridgehead atoms. The third-order valence-corrected chi connectivity index (χ3v) is 3.81. The zero-order valence-corrected chi connectivity index (χ0v) is 13.8. The molecule has 1 atom stereocenters. The van der Waals surface area contributed by atoms with Crippen LogP contribution in [0.25, 0.3) is 0 Å². The quantitative estimate of drug-likeness (QED) is 0.453. The summed E-state index contributed by atoms with van der Waals surface area (Å²) in [5.74, 6) is 6.56. The van der Waals surface area contributed by atoms with E-state index in [0.717, 1.165) is 36.5 Å². The Labute approximate surface area is 132 Å². The number of aromatic nitrogens is 3. The molecule has 1 aromatic heterocycles. The monoisotopic (exact) mass is 353 g/mol. The largest absolute Gasteiger partial charge is 0.494 e. The average molecular weight is 354 g/mol. The summed E-state index contributed by atoms with van der Waals surface area (Å²) in [7, 11) is 1.83. The number of halogens is 1. The molecule has 1 heterocycles. The van der Waals surface area contributed by atoms with Crippen molar-refractivity contribution in [3.8, 4) is 5.75 Å². The maximum Gasteiger partial charge on any atom is 0.153 e. The van der Waals surface area contributed by atoms with Crippen LogP contribution < -0.4 is 16.0 Å². The highest BCUT2D eigenvalue weighted by Gasteiger charge is 2.20. The zero-order valence-electron chi connectivity index (χ0n) is 12.2. The maximum absolute atomic E-state index is 5.70. The van der Waals surface area contributed by atoms with Gasteiger partial charge < -0.3 is 4.74 Å². The van der Waals surface area contributed by atoms with Crippen molar-refractivity contribution in [1.29, 1.82) is 0 Å². The fourth-order valence-corrected chi connectivity index (χ4v) is 2.63. The van der Waals surface area contributed by atoms with E-state index in [4.69, 9.17) is 10.6 Å². The predicted octanol–water partition coefficient (Wildman–Crippen LogP) is 2.31. The second kappa shape index (κ2) is 7.53. The SMILES string of the molecule is CCCCOc1ccc(C(NN)c2c(Br)nnn2C)cc1. The van der Waals surface area contributed by atoms with Gasteiger partial charge in [0.1, 0.15) is 5.75 Å². The number of nitrogens with two attached hydrogens (primary N) is 1. The Morgan fingerprint density at radius 1 is 1.38 bits per heavy atom.